The molecule has 0 amide bonds. The molecule has 13 aromatic carbocycles. The summed E-state index contributed by atoms with van der Waals surface area (Å²) in [5.41, 5.74) is 11.5. The molecule has 66 heavy (non-hydrogen) atoms. The predicted octanol–water partition coefficient (Wildman–Crippen LogP) is 18.3. The normalized spacial score (nSPS) is 11.6. The molecule has 0 N–H and O–H groups in total. The molecular weight excluding hydrogens is 797 g/mol. The zero-order chi connectivity index (χ0) is 43.6. The molecule has 0 heterocycles. The van der Waals surface area contributed by atoms with Crippen LogP contribution in [0.15, 0.2) is 255 Å². The molecule has 0 radical (unpaired) electrons. The van der Waals surface area contributed by atoms with E-state index in [-0.39, 0.29) is 0 Å². The van der Waals surface area contributed by atoms with E-state index in [9.17, 15) is 0 Å². The van der Waals surface area contributed by atoms with Crippen molar-refractivity contribution >= 4 is 98.8 Å². The maximum absolute atomic E-state index is 2.44. The Morgan fingerprint density at radius 3 is 1.09 bits per heavy atom. The highest BCUT2D eigenvalue weighted by atomic mass is 15.1. The standard InChI is InChI=1S/C64H42N2/c1-6-19-43(20-7-1)62-57-37-35-50(66(47-27-12-4-13-28-47)48-29-14-5-15-30-48)42-60(57)64(58-38-36-49(41-59(58)62)65(45-23-8-2-9-24-45)46-25-10-3-11-26-46)56-40-39-55-52-32-17-22-44-21-16-31-51(61(44)52)53-33-18-34-54(56)63(53)55/h1-42H. The van der Waals surface area contributed by atoms with Gasteiger partial charge in [-0.1, -0.05) is 182 Å². The average molecular weight is 839 g/mol. The molecule has 308 valence electrons. The van der Waals surface area contributed by atoms with E-state index in [4.69, 9.17) is 0 Å². The molecule has 2 heteroatoms. The monoisotopic (exact) mass is 838 g/mol. The van der Waals surface area contributed by atoms with Crippen LogP contribution >= 0.6 is 0 Å². The van der Waals surface area contributed by atoms with Crippen LogP contribution in [-0.2, 0) is 0 Å². The number of anilines is 6. The van der Waals surface area contributed by atoms with E-state index in [1.165, 1.54) is 86.9 Å². The second-order valence-corrected chi connectivity index (χ2v) is 17.2. The zero-order valence-corrected chi connectivity index (χ0v) is 36.1. The SMILES string of the molecule is c1ccc(-c2c3cc(N(c4ccccc4)c4ccccc4)ccc3c(-c3ccc4c5cccc6cccc(c7cccc3c74)c65)c3cc(N(c4ccccc4)c4ccccc4)ccc23)cc1. The zero-order valence-electron chi connectivity index (χ0n) is 36.1. The number of para-hydroxylation sites is 4. The molecule has 0 bridgehead atoms. The first-order chi connectivity index (χ1) is 32.8. The van der Waals surface area contributed by atoms with E-state index in [1.807, 2.05) is 0 Å². The first-order valence-corrected chi connectivity index (χ1v) is 22.8. The molecule has 0 spiro atoms. The lowest BCUT2D eigenvalue weighted by Crippen LogP contribution is -2.10. The smallest absolute Gasteiger partial charge is 0.0468 e. The number of nitrogens with zero attached hydrogens (tertiary/aromatic N) is 2. The number of hydrogen-bond donors (Lipinski definition) is 0. The van der Waals surface area contributed by atoms with Crippen molar-refractivity contribution in [3.63, 3.8) is 0 Å². The van der Waals surface area contributed by atoms with Crippen molar-refractivity contribution < 1.29 is 0 Å². The lowest BCUT2D eigenvalue weighted by atomic mass is 9.82. The molecule has 13 aromatic rings. The Labute approximate surface area is 383 Å². The summed E-state index contributed by atoms with van der Waals surface area (Å²) in [6.45, 7) is 0. The summed E-state index contributed by atoms with van der Waals surface area (Å²) < 4.78 is 0. The number of hydrogen-bond acceptors (Lipinski definition) is 2. The minimum atomic E-state index is 1.10. The topological polar surface area (TPSA) is 6.48 Å². The van der Waals surface area contributed by atoms with Crippen molar-refractivity contribution in [2.45, 2.75) is 0 Å². The first kappa shape index (κ1) is 37.8. The third-order valence-corrected chi connectivity index (χ3v) is 13.5. The lowest BCUT2D eigenvalue weighted by Gasteiger charge is -2.28. The molecule has 0 aliphatic rings. The van der Waals surface area contributed by atoms with Gasteiger partial charge in [0.1, 0.15) is 0 Å². The van der Waals surface area contributed by atoms with Gasteiger partial charge in [-0.3, -0.25) is 0 Å². The van der Waals surface area contributed by atoms with Crippen molar-refractivity contribution in [2.24, 2.45) is 0 Å². The molecule has 2 nitrogen and oxygen atoms in total. The Bertz CT molecular complexity index is 3780. The number of fused-ring (bicyclic) bond motifs is 4. The molecule has 0 saturated heterocycles. The van der Waals surface area contributed by atoms with Gasteiger partial charge in [-0.05, 0) is 160 Å². The Morgan fingerprint density at radius 1 is 0.212 bits per heavy atom. The van der Waals surface area contributed by atoms with Gasteiger partial charge < -0.3 is 9.80 Å². The van der Waals surface area contributed by atoms with E-state index in [1.54, 1.807) is 0 Å². The van der Waals surface area contributed by atoms with Crippen LogP contribution in [0.4, 0.5) is 34.1 Å². The average Bonchev–Trinajstić information content (AvgIpc) is 3.39. The van der Waals surface area contributed by atoms with Gasteiger partial charge in [0.25, 0.3) is 0 Å². The highest BCUT2D eigenvalue weighted by Crippen LogP contribution is 2.51. The van der Waals surface area contributed by atoms with Gasteiger partial charge >= 0.3 is 0 Å². The molecule has 0 fully saturated rings. The van der Waals surface area contributed by atoms with E-state index in [0.29, 0.717) is 0 Å². The second kappa shape index (κ2) is 15.5. The van der Waals surface area contributed by atoms with Crippen LogP contribution in [0.25, 0.3) is 86.9 Å². The van der Waals surface area contributed by atoms with Crippen LogP contribution in [0.5, 0.6) is 0 Å². The van der Waals surface area contributed by atoms with Gasteiger partial charge in [-0.25, -0.2) is 0 Å². The minimum Gasteiger partial charge on any atom is -0.310 e. The maximum atomic E-state index is 2.44. The number of rotatable bonds is 8. The summed E-state index contributed by atoms with van der Waals surface area (Å²) in [5, 5.41) is 15.1. The predicted molar refractivity (Wildman–Crippen MR) is 283 cm³/mol. The van der Waals surface area contributed by atoms with Gasteiger partial charge in [0.2, 0.25) is 0 Å². The maximum Gasteiger partial charge on any atom is 0.0468 e. The van der Waals surface area contributed by atoms with E-state index >= 15 is 0 Å². The summed E-state index contributed by atoms with van der Waals surface area (Å²) in [6, 6.07) is 93.3. The third-order valence-electron chi connectivity index (χ3n) is 13.5. The van der Waals surface area contributed by atoms with Crippen molar-refractivity contribution in [1.29, 1.82) is 0 Å². The van der Waals surface area contributed by atoms with Crippen LogP contribution in [-0.4, -0.2) is 0 Å². The van der Waals surface area contributed by atoms with Gasteiger partial charge in [0, 0.05) is 34.1 Å². The lowest BCUT2D eigenvalue weighted by molar-refractivity contribution is 1.29. The molecular formula is C64H42N2. The Hall–Kier alpha value is -8.72. The first-order valence-electron chi connectivity index (χ1n) is 22.8. The molecule has 0 aliphatic heterocycles. The van der Waals surface area contributed by atoms with Crippen molar-refractivity contribution in [3.05, 3.63) is 255 Å². The van der Waals surface area contributed by atoms with Gasteiger partial charge in [-0.15, -0.1) is 0 Å². The van der Waals surface area contributed by atoms with Crippen LogP contribution in [0, 0.1) is 0 Å². The van der Waals surface area contributed by atoms with E-state index < -0.39 is 0 Å². The quantitative estimate of drug-likeness (QED) is 0.111. The summed E-state index contributed by atoms with van der Waals surface area (Å²) in [7, 11) is 0. The van der Waals surface area contributed by atoms with Crippen LogP contribution < -0.4 is 9.80 Å². The van der Waals surface area contributed by atoms with Crippen molar-refractivity contribution in [2.75, 3.05) is 9.80 Å². The van der Waals surface area contributed by atoms with Gasteiger partial charge in [-0.2, -0.15) is 0 Å². The fraction of sp³-hybridized carbons (Fsp3) is 0. The van der Waals surface area contributed by atoms with Crippen LogP contribution in [0.3, 0.4) is 0 Å². The summed E-state index contributed by atoms with van der Waals surface area (Å²) in [5.74, 6) is 0. The number of benzene rings is 13. The van der Waals surface area contributed by atoms with Crippen molar-refractivity contribution in [1.82, 2.24) is 0 Å². The Morgan fingerprint density at radius 2 is 0.591 bits per heavy atom. The third kappa shape index (κ3) is 6.04. The Kier molecular flexibility index (Phi) is 8.89. The highest BCUT2D eigenvalue weighted by Gasteiger charge is 2.24. The molecule has 0 atom stereocenters. The fourth-order valence-electron chi connectivity index (χ4n) is 10.8. The van der Waals surface area contributed by atoms with E-state index in [2.05, 4.69) is 265 Å². The fourth-order valence-corrected chi connectivity index (χ4v) is 10.8. The summed E-state index contributed by atoms with van der Waals surface area (Å²) >= 11 is 0. The minimum absolute atomic E-state index is 1.10. The van der Waals surface area contributed by atoms with Crippen LogP contribution in [0.1, 0.15) is 0 Å². The molecule has 0 unspecified atom stereocenters. The summed E-state index contributed by atoms with van der Waals surface area (Å²) in [6.07, 6.45) is 0. The second-order valence-electron chi connectivity index (χ2n) is 17.2. The van der Waals surface area contributed by atoms with Gasteiger partial charge in [0.05, 0.1) is 0 Å². The molecule has 0 saturated carbocycles. The largest absolute Gasteiger partial charge is 0.310 e. The highest BCUT2D eigenvalue weighted by molar-refractivity contribution is 6.35. The summed E-state index contributed by atoms with van der Waals surface area (Å²) in [4.78, 5) is 4.75. The Balaban J connectivity index is 1.18. The van der Waals surface area contributed by atoms with Crippen molar-refractivity contribution in [3.8, 4) is 22.3 Å². The molecule has 13 rings (SSSR count). The van der Waals surface area contributed by atoms with Crippen LogP contribution in [0.2, 0.25) is 0 Å². The molecule has 0 aromatic heterocycles. The van der Waals surface area contributed by atoms with E-state index in [0.717, 1.165) is 34.1 Å². The molecule has 0 aliphatic carbocycles. The van der Waals surface area contributed by atoms with Gasteiger partial charge in [0.15, 0.2) is 0 Å².